The molecular weight excluding hydrogens is 332 g/mol. The molecule has 26 heavy (non-hydrogen) atoms. The maximum Gasteiger partial charge on any atom is 0.257 e. The van der Waals surface area contributed by atoms with E-state index in [4.69, 9.17) is 9.15 Å². The zero-order valence-corrected chi connectivity index (χ0v) is 15.2. The third kappa shape index (κ3) is 2.88. The molecule has 7 nitrogen and oxygen atoms in total. The Balaban J connectivity index is 1.54. The average Bonchev–Trinajstić information content (AvgIpc) is 3.35. The standard InChI is InChI=1S/C19H22N4O3/c1-11-6-14-15(9-26-16(14)7-12(11)2)19(24)23(3)8-17-13(4-5-25-17)18-20-10-21-22-18/h6-7,9-10,13,17H,4-5,8H2,1-3H3,(H,20,21,22)/t13-,17-/m1/s1. The predicted octanol–water partition coefficient (Wildman–Crippen LogP) is 2.81. The van der Waals surface area contributed by atoms with Crippen LogP contribution in [0.15, 0.2) is 29.1 Å². The molecule has 1 fully saturated rings. The number of benzene rings is 1. The van der Waals surface area contributed by atoms with Gasteiger partial charge in [0.15, 0.2) is 0 Å². The number of aromatic amines is 1. The van der Waals surface area contributed by atoms with Crippen LogP contribution in [0.25, 0.3) is 11.0 Å². The van der Waals surface area contributed by atoms with Crippen LogP contribution >= 0.6 is 0 Å². The Kier molecular flexibility index (Phi) is 4.24. The zero-order valence-electron chi connectivity index (χ0n) is 15.2. The van der Waals surface area contributed by atoms with Crippen molar-refractivity contribution >= 4 is 16.9 Å². The van der Waals surface area contributed by atoms with Crippen LogP contribution in [0.4, 0.5) is 0 Å². The molecule has 3 aromatic rings. The van der Waals surface area contributed by atoms with Crippen LogP contribution in [0.3, 0.4) is 0 Å². The molecule has 0 bridgehead atoms. The molecule has 2 atom stereocenters. The minimum Gasteiger partial charge on any atom is -0.463 e. The molecule has 7 heteroatoms. The van der Waals surface area contributed by atoms with E-state index in [-0.39, 0.29) is 17.9 Å². The number of fused-ring (bicyclic) bond motifs is 1. The van der Waals surface area contributed by atoms with E-state index in [0.29, 0.717) is 18.7 Å². The summed E-state index contributed by atoms with van der Waals surface area (Å²) >= 11 is 0. The lowest BCUT2D eigenvalue weighted by molar-refractivity contribution is 0.0551. The topological polar surface area (TPSA) is 84.2 Å². The van der Waals surface area contributed by atoms with Gasteiger partial charge in [-0.3, -0.25) is 9.89 Å². The largest absolute Gasteiger partial charge is 0.463 e. The number of aryl methyl sites for hydroxylation is 2. The fourth-order valence-electron chi connectivity index (χ4n) is 3.54. The minimum atomic E-state index is -0.0981. The Bertz CT molecular complexity index is 932. The Morgan fingerprint density at radius 3 is 2.92 bits per heavy atom. The Hall–Kier alpha value is -2.67. The van der Waals surface area contributed by atoms with Gasteiger partial charge in [-0.15, -0.1) is 0 Å². The number of ether oxygens (including phenoxy) is 1. The third-order valence-corrected chi connectivity index (χ3v) is 5.22. The lowest BCUT2D eigenvalue weighted by Gasteiger charge is -2.23. The van der Waals surface area contributed by atoms with Crippen molar-refractivity contribution < 1.29 is 13.9 Å². The van der Waals surface area contributed by atoms with Crippen molar-refractivity contribution in [2.24, 2.45) is 0 Å². The quantitative estimate of drug-likeness (QED) is 0.779. The van der Waals surface area contributed by atoms with Crippen LogP contribution in [-0.2, 0) is 4.74 Å². The first-order valence-corrected chi connectivity index (χ1v) is 8.75. The first-order valence-electron chi connectivity index (χ1n) is 8.75. The normalized spacial score (nSPS) is 20.0. The average molecular weight is 354 g/mol. The van der Waals surface area contributed by atoms with E-state index in [1.54, 1.807) is 18.2 Å². The molecule has 0 unspecified atom stereocenters. The smallest absolute Gasteiger partial charge is 0.257 e. The lowest BCUT2D eigenvalue weighted by atomic mass is 10.00. The van der Waals surface area contributed by atoms with E-state index in [9.17, 15) is 4.79 Å². The second kappa shape index (κ2) is 6.57. The number of nitrogens with one attached hydrogen (secondary N) is 1. The van der Waals surface area contributed by atoms with Gasteiger partial charge in [-0.1, -0.05) is 0 Å². The number of carbonyl (C=O) groups is 1. The van der Waals surface area contributed by atoms with E-state index in [2.05, 4.69) is 15.2 Å². The molecule has 1 N–H and O–H groups in total. The van der Waals surface area contributed by atoms with Gasteiger partial charge < -0.3 is 14.1 Å². The van der Waals surface area contributed by atoms with Gasteiger partial charge in [0.2, 0.25) is 0 Å². The van der Waals surface area contributed by atoms with Crippen molar-refractivity contribution in [3.8, 4) is 0 Å². The maximum atomic E-state index is 13.0. The van der Waals surface area contributed by atoms with Crippen LogP contribution < -0.4 is 0 Å². The molecule has 1 amide bonds. The highest BCUT2D eigenvalue weighted by Crippen LogP contribution is 2.30. The lowest BCUT2D eigenvalue weighted by Crippen LogP contribution is -2.36. The number of rotatable bonds is 4. The molecule has 3 heterocycles. The fourth-order valence-corrected chi connectivity index (χ4v) is 3.54. The molecular formula is C19H22N4O3. The number of hydrogen-bond donors (Lipinski definition) is 1. The molecule has 1 aliphatic heterocycles. The van der Waals surface area contributed by atoms with Crippen LogP contribution in [0.1, 0.15) is 39.6 Å². The summed E-state index contributed by atoms with van der Waals surface area (Å²) in [5.41, 5.74) is 3.61. The monoisotopic (exact) mass is 354 g/mol. The van der Waals surface area contributed by atoms with Crippen molar-refractivity contribution in [3.05, 3.63) is 47.2 Å². The van der Waals surface area contributed by atoms with E-state index in [1.165, 1.54) is 6.33 Å². The van der Waals surface area contributed by atoms with Crippen LogP contribution in [0.2, 0.25) is 0 Å². The maximum absolute atomic E-state index is 13.0. The van der Waals surface area contributed by atoms with Gasteiger partial charge in [0.25, 0.3) is 5.91 Å². The summed E-state index contributed by atoms with van der Waals surface area (Å²) in [6.45, 7) is 5.22. The second-order valence-corrected chi connectivity index (χ2v) is 6.94. The number of amides is 1. The molecule has 1 aromatic carbocycles. The summed E-state index contributed by atoms with van der Waals surface area (Å²) in [4.78, 5) is 18.9. The summed E-state index contributed by atoms with van der Waals surface area (Å²) < 4.78 is 11.4. The van der Waals surface area contributed by atoms with Gasteiger partial charge in [0.1, 0.15) is 24.0 Å². The molecule has 1 saturated heterocycles. The summed E-state index contributed by atoms with van der Waals surface area (Å²) in [5.74, 6) is 0.866. The number of H-pyrrole nitrogens is 1. The highest BCUT2D eigenvalue weighted by atomic mass is 16.5. The highest BCUT2D eigenvalue weighted by Gasteiger charge is 2.34. The third-order valence-electron chi connectivity index (χ3n) is 5.22. The Morgan fingerprint density at radius 2 is 2.15 bits per heavy atom. The molecule has 0 radical (unpaired) electrons. The number of nitrogens with zero attached hydrogens (tertiary/aromatic N) is 3. The van der Waals surface area contributed by atoms with Crippen LogP contribution in [0.5, 0.6) is 0 Å². The van der Waals surface area contributed by atoms with Crippen LogP contribution in [-0.4, -0.2) is 52.3 Å². The van der Waals surface area contributed by atoms with Gasteiger partial charge >= 0.3 is 0 Å². The van der Waals surface area contributed by atoms with Crippen molar-refractivity contribution in [1.82, 2.24) is 20.1 Å². The summed E-state index contributed by atoms with van der Waals surface area (Å²) in [5, 5.41) is 7.69. The van der Waals surface area contributed by atoms with Gasteiger partial charge in [-0.25, -0.2) is 4.98 Å². The molecule has 4 rings (SSSR count). The van der Waals surface area contributed by atoms with E-state index >= 15 is 0 Å². The predicted molar refractivity (Wildman–Crippen MR) is 96.1 cm³/mol. The molecule has 0 aliphatic carbocycles. The number of carbonyl (C=O) groups excluding carboxylic acids is 1. The van der Waals surface area contributed by atoms with Gasteiger partial charge in [0, 0.05) is 31.5 Å². The molecule has 2 aromatic heterocycles. The summed E-state index contributed by atoms with van der Waals surface area (Å²) in [6, 6.07) is 3.99. The first-order chi connectivity index (χ1) is 12.5. The van der Waals surface area contributed by atoms with E-state index < -0.39 is 0 Å². The number of furan rings is 1. The van der Waals surface area contributed by atoms with Crippen LogP contribution in [0, 0.1) is 13.8 Å². The van der Waals surface area contributed by atoms with E-state index in [0.717, 1.165) is 34.3 Å². The second-order valence-electron chi connectivity index (χ2n) is 6.94. The van der Waals surface area contributed by atoms with Crippen molar-refractivity contribution in [1.29, 1.82) is 0 Å². The Labute approximate surface area is 151 Å². The first kappa shape index (κ1) is 16.8. The van der Waals surface area contributed by atoms with E-state index in [1.807, 2.05) is 26.0 Å². The Morgan fingerprint density at radius 1 is 1.35 bits per heavy atom. The molecule has 0 spiro atoms. The van der Waals surface area contributed by atoms with Crippen molar-refractivity contribution in [2.75, 3.05) is 20.2 Å². The van der Waals surface area contributed by atoms with Gasteiger partial charge in [-0.2, -0.15) is 5.10 Å². The molecule has 0 saturated carbocycles. The highest BCUT2D eigenvalue weighted by molar-refractivity contribution is 6.06. The number of hydrogen-bond acceptors (Lipinski definition) is 5. The zero-order chi connectivity index (χ0) is 18.3. The van der Waals surface area contributed by atoms with Gasteiger partial charge in [0.05, 0.1) is 11.7 Å². The summed E-state index contributed by atoms with van der Waals surface area (Å²) in [7, 11) is 1.79. The SMILES string of the molecule is Cc1cc2occ(C(=O)N(C)C[C@H]3OCC[C@H]3c3ncn[nH]3)c2cc1C. The fraction of sp³-hybridized carbons (Fsp3) is 0.421. The minimum absolute atomic E-state index is 0.0705. The van der Waals surface area contributed by atoms with Crippen molar-refractivity contribution in [2.45, 2.75) is 32.3 Å². The molecule has 1 aliphatic rings. The summed E-state index contributed by atoms with van der Waals surface area (Å²) in [6.07, 6.45) is 3.82. The number of likely N-dealkylation sites (N-methyl/N-ethyl adjacent to an activating group) is 1. The van der Waals surface area contributed by atoms with Gasteiger partial charge in [-0.05, 0) is 43.5 Å². The molecule has 136 valence electrons. The van der Waals surface area contributed by atoms with Crippen molar-refractivity contribution in [3.63, 3.8) is 0 Å². The number of aromatic nitrogens is 3.